The summed E-state index contributed by atoms with van der Waals surface area (Å²) < 4.78 is 37.7. The van der Waals surface area contributed by atoms with Gasteiger partial charge in [-0.3, -0.25) is 0 Å². The molecule has 0 radical (unpaired) electrons. The number of hydrogen-bond acceptors (Lipinski definition) is 4. The second-order valence-electron chi connectivity index (χ2n) is 5.26. The van der Waals surface area contributed by atoms with Gasteiger partial charge in [-0.1, -0.05) is 6.07 Å². The Morgan fingerprint density at radius 3 is 2.75 bits per heavy atom. The molecule has 0 aliphatic carbocycles. The van der Waals surface area contributed by atoms with Crippen LogP contribution in [0.5, 0.6) is 11.6 Å². The van der Waals surface area contributed by atoms with Crippen molar-refractivity contribution in [3.8, 4) is 11.6 Å². The van der Waals surface area contributed by atoms with E-state index in [0.717, 1.165) is 29.2 Å². The van der Waals surface area contributed by atoms with Gasteiger partial charge >= 0.3 is 0 Å². The molecule has 124 valence electrons. The third-order valence-electron chi connectivity index (χ3n) is 3.36. The van der Waals surface area contributed by atoms with Crippen molar-refractivity contribution >= 4 is 0 Å². The van der Waals surface area contributed by atoms with Crippen LogP contribution in [-0.2, 0) is 13.1 Å². The molecule has 0 aliphatic rings. The van der Waals surface area contributed by atoms with E-state index in [2.05, 4.69) is 10.3 Å². The first-order chi connectivity index (χ1) is 11.6. The van der Waals surface area contributed by atoms with Crippen LogP contribution in [0, 0.1) is 18.6 Å². The summed E-state index contributed by atoms with van der Waals surface area (Å²) in [5.74, 6) is 0.443. The number of furan rings is 1. The van der Waals surface area contributed by atoms with Crippen LogP contribution < -0.4 is 10.1 Å². The number of nitrogens with one attached hydrogen (secondary N) is 1. The fraction of sp³-hybridized carbons (Fsp3) is 0.167. The van der Waals surface area contributed by atoms with Crippen molar-refractivity contribution in [2.75, 3.05) is 0 Å². The summed E-state index contributed by atoms with van der Waals surface area (Å²) in [4.78, 5) is 4.12. The zero-order valence-electron chi connectivity index (χ0n) is 13.1. The average Bonchev–Trinajstić information content (AvgIpc) is 2.97. The van der Waals surface area contributed by atoms with Gasteiger partial charge in [-0.25, -0.2) is 13.8 Å². The Morgan fingerprint density at radius 1 is 1.12 bits per heavy atom. The highest BCUT2D eigenvalue weighted by molar-refractivity contribution is 5.33. The average molecular weight is 330 g/mol. The minimum Gasteiger partial charge on any atom is -0.465 e. The van der Waals surface area contributed by atoms with Gasteiger partial charge in [-0.05, 0) is 37.3 Å². The van der Waals surface area contributed by atoms with Gasteiger partial charge in [0.2, 0.25) is 5.88 Å². The molecule has 0 aliphatic heterocycles. The number of aryl methyl sites for hydroxylation is 1. The molecule has 4 nitrogen and oxygen atoms in total. The van der Waals surface area contributed by atoms with Crippen LogP contribution in [0.2, 0.25) is 0 Å². The van der Waals surface area contributed by atoms with E-state index in [-0.39, 0.29) is 11.6 Å². The quantitative estimate of drug-likeness (QED) is 0.730. The summed E-state index contributed by atoms with van der Waals surface area (Å²) in [7, 11) is 0. The maximum absolute atomic E-state index is 13.7. The molecule has 3 aromatic rings. The van der Waals surface area contributed by atoms with E-state index in [1.54, 1.807) is 12.3 Å². The highest BCUT2D eigenvalue weighted by Gasteiger charge is 2.10. The molecule has 0 unspecified atom stereocenters. The van der Waals surface area contributed by atoms with E-state index in [4.69, 9.17) is 9.15 Å². The molecule has 0 saturated heterocycles. The Morgan fingerprint density at radius 2 is 2.00 bits per heavy atom. The molecule has 1 aromatic carbocycles. The predicted molar refractivity (Wildman–Crippen MR) is 84.7 cm³/mol. The number of benzene rings is 1. The first kappa shape index (κ1) is 16.1. The number of pyridine rings is 1. The number of ether oxygens (including phenoxy) is 1. The number of halogens is 2. The van der Waals surface area contributed by atoms with Gasteiger partial charge in [0.15, 0.2) is 11.6 Å². The van der Waals surface area contributed by atoms with E-state index in [0.29, 0.717) is 13.1 Å². The molecular formula is C18H16F2N2O2. The van der Waals surface area contributed by atoms with Crippen LogP contribution in [0.3, 0.4) is 0 Å². The van der Waals surface area contributed by atoms with Crippen molar-refractivity contribution < 1.29 is 17.9 Å². The van der Waals surface area contributed by atoms with Gasteiger partial charge in [-0.15, -0.1) is 0 Å². The van der Waals surface area contributed by atoms with Gasteiger partial charge in [0.25, 0.3) is 0 Å². The second-order valence-corrected chi connectivity index (χ2v) is 5.26. The number of nitrogens with zero attached hydrogens (tertiary/aromatic N) is 1. The van der Waals surface area contributed by atoms with Crippen LogP contribution in [0.1, 0.15) is 17.1 Å². The lowest BCUT2D eigenvalue weighted by atomic mass is 10.2. The van der Waals surface area contributed by atoms with Crippen molar-refractivity contribution in [2.45, 2.75) is 20.0 Å². The van der Waals surface area contributed by atoms with Gasteiger partial charge in [0, 0.05) is 24.4 Å². The van der Waals surface area contributed by atoms with E-state index >= 15 is 0 Å². The van der Waals surface area contributed by atoms with Crippen molar-refractivity contribution in [3.05, 3.63) is 77.4 Å². The lowest BCUT2D eigenvalue weighted by Crippen LogP contribution is -2.13. The van der Waals surface area contributed by atoms with Gasteiger partial charge in [0.05, 0.1) is 6.54 Å². The fourth-order valence-electron chi connectivity index (χ4n) is 2.21. The Kier molecular flexibility index (Phi) is 4.86. The molecule has 0 atom stereocenters. The summed E-state index contributed by atoms with van der Waals surface area (Å²) in [5.41, 5.74) is 0.754. The second kappa shape index (κ2) is 7.23. The van der Waals surface area contributed by atoms with Crippen LogP contribution in [0.25, 0.3) is 0 Å². The Labute approximate surface area is 138 Å². The van der Waals surface area contributed by atoms with Crippen molar-refractivity contribution in [2.24, 2.45) is 0 Å². The van der Waals surface area contributed by atoms with Crippen LogP contribution in [0.4, 0.5) is 8.78 Å². The first-order valence-electron chi connectivity index (χ1n) is 7.44. The van der Waals surface area contributed by atoms with E-state index in [1.807, 2.05) is 25.1 Å². The maximum atomic E-state index is 13.7. The molecule has 1 N–H and O–H groups in total. The standard InChI is InChI=1S/C18H16F2N2O2/c1-12-4-6-15(23-12)11-21-10-13-3-2-8-22-18(13)24-17-7-5-14(19)9-16(17)20/h2-9,21H,10-11H2,1H3. The normalized spacial score (nSPS) is 10.8. The number of hydrogen-bond donors (Lipinski definition) is 1. The molecule has 0 fully saturated rings. The molecule has 2 aromatic heterocycles. The van der Waals surface area contributed by atoms with Crippen LogP contribution in [-0.4, -0.2) is 4.98 Å². The monoisotopic (exact) mass is 330 g/mol. The molecule has 3 rings (SSSR count). The highest BCUT2D eigenvalue weighted by atomic mass is 19.1. The van der Waals surface area contributed by atoms with E-state index < -0.39 is 11.6 Å². The first-order valence-corrected chi connectivity index (χ1v) is 7.44. The largest absolute Gasteiger partial charge is 0.465 e. The third-order valence-corrected chi connectivity index (χ3v) is 3.36. The summed E-state index contributed by atoms with van der Waals surface area (Å²) in [6.45, 7) is 2.90. The van der Waals surface area contributed by atoms with Gasteiger partial charge in [0.1, 0.15) is 17.3 Å². The van der Waals surface area contributed by atoms with Crippen molar-refractivity contribution in [1.29, 1.82) is 0 Å². The smallest absolute Gasteiger partial charge is 0.223 e. The molecule has 0 spiro atoms. The Balaban J connectivity index is 1.68. The topological polar surface area (TPSA) is 47.3 Å². The zero-order valence-corrected chi connectivity index (χ0v) is 13.1. The molecule has 2 heterocycles. The lowest BCUT2D eigenvalue weighted by molar-refractivity contribution is 0.414. The maximum Gasteiger partial charge on any atom is 0.223 e. The van der Waals surface area contributed by atoms with Crippen LogP contribution >= 0.6 is 0 Å². The molecular weight excluding hydrogens is 314 g/mol. The SMILES string of the molecule is Cc1ccc(CNCc2cccnc2Oc2ccc(F)cc2F)o1. The summed E-state index contributed by atoms with van der Waals surface area (Å²) in [5, 5.41) is 3.21. The van der Waals surface area contributed by atoms with Gasteiger partial charge in [-0.2, -0.15) is 0 Å². The lowest BCUT2D eigenvalue weighted by Gasteiger charge is -2.11. The third kappa shape index (κ3) is 3.97. The van der Waals surface area contributed by atoms with Crippen LogP contribution in [0.15, 0.2) is 53.1 Å². The minimum absolute atomic E-state index is 0.0713. The van der Waals surface area contributed by atoms with E-state index in [9.17, 15) is 8.78 Å². The van der Waals surface area contributed by atoms with Crippen molar-refractivity contribution in [1.82, 2.24) is 10.3 Å². The minimum atomic E-state index is -0.773. The van der Waals surface area contributed by atoms with Crippen molar-refractivity contribution in [3.63, 3.8) is 0 Å². The predicted octanol–water partition coefficient (Wildman–Crippen LogP) is 4.34. The molecule has 0 amide bonds. The molecule has 24 heavy (non-hydrogen) atoms. The molecule has 0 bridgehead atoms. The summed E-state index contributed by atoms with van der Waals surface area (Å²) in [6.07, 6.45) is 1.55. The fourth-order valence-corrected chi connectivity index (χ4v) is 2.21. The Hall–Kier alpha value is -2.73. The number of rotatable bonds is 6. The molecule has 6 heteroatoms. The van der Waals surface area contributed by atoms with Gasteiger partial charge < -0.3 is 14.5 Å². The zero-order chi connectivity index (χ0) is 16.9. The highest BCUT2D eigenvalue weighted by Crippen LogP contribution is 2.26. The Bertz CT molecular complexity index is 833. The number of aromatic nitrogens is 1. The molecule has 0 saturated carbocycles. The summed E-state index contributed by atoms with van der Waals surface area (Å²) >= 11 is 0. The summed E-state index contributed by atoms with van der Waals surface area (Å²) in [6, 6.07) is 10.5. The van der Waals surface area contributed by atoms with E-state index in [1.165, 1.54) is 6.07 Å².